The van der Waals surface area contributed by atoms with E-state index < -0.39 is 46.2 Å². The van der Waals surface area contributed by atoms with E-state index in [1.165, 1.54) is 30.0 Å². The molecule has 0 aliphatic carbocycles. The van der Waals surface area contributed by atoms with Crippen LogP contribution in [0.25, 0.3) is 0 Å². The number of halogens is 3. The third-order valence-corrected chi connectivity index (χ3v) is 7.93. The van der Waals surface area contributed by atoms with Crippen molar-refractivity contribution in [2.45, 2.75) is 57.4 Å². The van der Waals surface area contributed by atoms with Crippen molar-refractivity contribution >= 4 is 27.5 Å². The van der Waals surface area contributed by atoms with Crippen molar-refractivity contribution in [1.29, 1.82) is 0 Å². The van der Waals surface area contributed by atoms with Crippen molar-refractivity contribution < 1.29 is 31.2 Å². The molecule has 3 rings (SSSR count). The lowest BCUT2D eigenvalue weighted by molar-refractivity contribution is -0.139. The summed E-state index contributed by atoms with van der Waals surface area (Å²) < 4.78 is 68.8. The average molecular weight is 576 g/mol. The molecule has 0 saturated heterocycles. The first kappa shape index (κ1) is 30.7. The van der Waals surface area contributed by atoms with E-state index in [9.17, 15) is 31.2 Å². The first-order chi connectivity index (χ1) is 18.7. The van der Waals surface area contributed by atoms with Gasteiger partial charge < -0.3 is 10.2 Å². The van der Waals surface area contributed by atoms with Gasteiger partial charge in [-0.15, -0.1) is 0 Å². The lowest BCUT2D eigenvalue weighted by atomic mass is 10.1. The van der Waals surface area contributed by atoms with Crippen molar-refractivity contribution in [3.8, 4) is 0 Å². The number of alkyl halides is 3. The summed E-state index contributed by atoms with van der Waals surface area (Å²) in [5.74, 6) is -1.21. The molecule has 3 aromatic carbocycles. The highest BCUT2D eigenvalue weighted by Gasteiger charge is 2.35. The molecule has 7 nitrogen and oxygen atoms in total. The molecule has 11 heteroatoms. The fourth-order valence-electron chi connectivity index (χ4n) is 3.97. The maximum Gasteiger partial charge on any atom is 0.416 e. The number of nitrogens with one attached hydrogen (secondary N) is 1. The standard InChI is InChI=1S/C29H32F3N3O4S/c1-20(2)33-28(37)22(4)34(18-23-9-6-5-7-10-23)27(36)19-35(25-12-8-11-24(17-25)29(30,31)32)40(38,39)26-15-13-21(3)14-16-26/h5-17,20,22H,18-19H2,1-4H3,(H,33,37). The maximum atomic E-state index is 13.8. The highest BCUT2D eigenvalue weighted by molar-refractivity contribution is 7.92. The molecule has 1 unspecified atom stereocenters. The van der Waals surface area contributed by atoms with Gasteiger partial charge in [-0.05, 0) is 63.6 Å². The summed E-state index contributed by atoms with van der Waals surface area (Å²) in [6, 6.07) is 17.2. The smallest absolute Gasteiger partial charge is 0.352 e. The molecular weight excluding hydrogens is 543 g/mol. The Morgan fingerprint density at radius 2 is 1.52 bits per heavy atom. The third-order valence-electron chi connectivity index (χ3n) is 6.14. The summed E-state index contributed by atoms with van der Waals surface area (Å²) in [5.41, 5.74) is 0.0711. The molecule has 214 valence electrons. The van der Waals surface area contributed by atoms with Gasteiger partial charge >= 0.3 is 6.18 Å². The molecule has 0 aliphatic heterocycles. The first-order valence-corrected chi connectivity index (χ1v) is 14.0. The minimum absolute atomic E-state index is 0.0205. The zero-order chi connectivity index (χ0) is 29.7. The van der Waals surface area contributed by atoms with Crippen LogP contribution in [0.2, 0.25) is 0 Å². The molecule has 0 saturated carbocycles. The maximum absolute atomic E-state index is 13.8. The van der Waals surface area contributed by atoms with E-state index in [0.717, 1.165) is 17.7 Å². The van der Waals surface area contributed by atoms with Crippen LogP contribution in [-0.4, -0.2) is 43.8 Å². The van der Waals surface area contributed by atoms with Gasteiger partial charge in [-0.2, -0.15) is 13.2 Å². The van der Waals surface area contributed by atoms with E-state index in [1.54, 1.807) is 63.2 Å². The third kappa shape index (κ3) is 7.62. The topological polar surface area (TPSA) is 86.8 Å². The predicted octanol–water partition coefficient (Wildman–Crippen LogP) is 5.15. The monoisotopic (exact) mass is 575 g/mol. The summed E-state index contributed by atoms with van der Waals surface area (Å²) in [6.07, 6.45) is -4.73. The van der Waals surface area contributed by atoms with Crippen molar-refractivity contribution in [2.75, 3.05) is 10.8 Å². The number of nitrogens with zero attached hydrogens (tertiary/aromatic N) is 2. The summed E-state index contributed by atoms with van der Waals surface area (Å²) in [6.45, 7) is 5.95. The molecule has 3 aromatic rings. The van der Waals surface area contributed by atoms with Crippen LogP contribution in [0.5, 0.6) is 0 Å². The van der Waals surface area contributed by atoms with Gasteiger partial charge in [0.2, 0.25) is 11.8 Å². The van der Waals surface area contributed by atoms with E-state index >= 15 is 0 Å². The van der Waals surface area contributed by atoms with Gasteiger partial charge in [-0.25, -0.2) is 8.42 Å². The van der Waals surface area contributed by atoms with Gasteiger partial charge in [0.1, 0.15) is 12.6 Å². The molecular formula is C29H32F3N3O4S. The molecule has 1 atom stereocenters. The normalized spacial score (nSPS) is 12.6. The van der Waals surface area contributed by atoms with Gasteiger partial charge in [0.25, 0.3) is 10.0 Å². The molecule has 1 N–H and O–H groups in total. The molecule has 0 spiro atoms. The Morgan fingerprint density at radius 3 is 2.10 bits per heavy atom. The van der Waals surface area contributed by atoms with E-state index in [0.29, 0.717) is 15.9 Å². The number of hydrogen-bond donors (Lipinski definition) is 1. The summed E-state index contributed by atoms with van der Waals surface area (Å²) in [4.78, 5) is 27.7. The van der Waals surface area contributed by atoms with Gasteiger partial charge in [0.05, 0.1) is 16.1 Å². The zero-order valence-corrected chi connectivity index (χ0v) is 23.5. The van der Waals surface area contributed by atoms with Crippen molar-refractivity contribution in [2.24, 2.45) is 0 Å². The van der Waals surface area contributed by atoms with Crippen LogP contribution in [0, 0.1) is 6.92 Å². The number of aryl methyl sites for hydroxylation is 1. The van der Waals surface area contributed by atoms with E-state index in [2.05, 4.69) is 5.32 Å². The molecule has 0 heterocycles. The van der Waals surface area contributed by atoms with Crippen molar-refractivity contribution in [1.82, 2.24) is 10.2 Å². The lowest BCUT2D eigenvalue weighted by Crippen LogP contribution is -2.52. The average Bonchev–Trinajstić information content (AvgIpc) is 2.89. The number of amides is 2. The SMILES string of the molecule is Cc1ccc(S(=O)(=O)N(CC(=O)N(Cc2ccccc2)C(C)C(=O)NC(C)C)c2cccc(C(F)(F)F)c2)cc1. The highest BCUT2D eigenvalue weighted by Crippen LogP contribution is 2.33. The van der Waals surface area contributed by atoms with Crippen LogP contribution in [-0.2, 0) is 32.3 Å². The molecule has 0 aromatic heterocycles. The van der Waals surface area contributed by atoms with Crippen LogP contribution in [0.3, 0.4) is 0 Å². The van der Waals surface area contributed by atoms with Crippen LogP contribution in [0.1, 0.15) is 37.5 Å². The Kier molecular flexibility index (Phi) is 9.62. The fourth-order valence-corrected chi connectivity index (χ4v) is 5.38. The molecule has 2 amide bonds. The lowest BCUT2D eigenvalue weighted by Gasteiger charge is -2.32. The number of carbonyl (C=O) groups is 2. The van der Waals surface area contributed by atoms with Crippen LogP contribution in [0.4, 0.5) is 18.9 Å². The molecule has 0 radical (unpaired) electrons. The Hall–Kier alpha value is -3.86. The molecule has 0 aliphatic rings. The van der Waals surface area contributed by atoms with E-state index in [-0.39, 0.29) is 23.2 Å². The molecule has 40 heavy (non-hydrogen) atoms. The second-order valence-corrected chi connectivity index (χ2v) is 11.6. The number of sulfonamides is 1. The number of anilines is 1. The Balaban J connectivity index is 2.08. The Morgan fingerprint density at radius 1 is 0.900 bits per heavy atom. The molecule has 0 fully saturated rings. The van der Waals surface area contributed by atoms with Crippen molar-refractivity contribution in [3.63, 3.8) is 0 Å². The van der Waals surface area contributed by atoms with Crippen LogP contribution < -0.4 is 9.62 Å². The van der Waals surface area contributed by atoms with Gasteiger partial charge in [0.15, 0.2) is 0 Å². The summed E-state index contributed by atoms with van der Waals surface area (Å²) >= 11 is 0. The predicted molar refractivity (Wildman–Crippen MR) is 147 cm³/mol. The number of benzene rings is 3. The molecule has 0 bridgehead atoms. The minimum atomic E-state index is -4.73. The zero-order valence-electron chi connectivity index (χ0n) is 22.6. The van der Waals surface area contributed by atoms with E-state index in [4.69, 9.17) is 0 Å². The van der Waals surface area contributed by atoms with Crippen LogP contribution >= 0.6 is 0 Å². The first-order valence-electron chi connectivity index (χ1n) is 12.6. The van der Waals surface area contributed by atoms with Gasteiger partial charge in [-0.3, -0.25) is 13.9 Å². The second kappa shape index (κ2) is 12.5. The number of hydrogen-bond acceptors (Lipinski definition) is 4. The fraction of sp³-hybridized carbons (Fsp3) is 0.310. The van der Waals surface area contributed by atoms with Gasteiger partial charge in [0, 0.05) is 12.6 Å². The number of rotatable bonds is 10. The van der Waals surface area contributed by atoms with Crippen molar-refractivity contribution in [3.05, 3.63) is 95.6 Å². The Labute approximate surface area is 232 Å². The second-order valence-electron chi connectivity index (χ2n) is 9.72. The quantitative estimate of drug-likeness (QED) is 0.362. The summed E-state index contributed by atoms with van der Waals surface area (Å²) in [7, 11) is -4.48. The highest BCUT2D eigenvalue weighted by atomic mass is 32.2. The van der Waals surface area contributed by atoms with E-state index in [1.807, 2.05) is 0 Å². The largest absolute Gasteiger partial charge is 0.416 e. The van der Waals surface area contributed by atoms with Gasteiger partial charge in [-0.1, -0.05) is 54.1 Å². The number of carbonyl (C=O) groups excluding carboxylic acids is 2. The van der Waals surface area contributed by atoms with Crippen LogP contribution in [0.15, 0.2) is 83.8 Å². The Bertz CT molecular complexity index is 1430. The minimum Gasteiger partial charge on any atom is -0.352 e. The summed E-state index contributed by atoms with van der Waals surface area (Å²) in [5, 5.41) is 2.74.